The van der Waals surface area contributed by atoms with Gasteiger partial charge in [0.2, 0.25) is 11.8 Å². The van der Waals surface area contributed by atoms with Crippen molar-refractivity contribution >= 4 is 29.5 Å². The summed E-state index contributed by atoms with van der Waals surface area (Å²) in [7, 11) is 0. The number of carboxylic acid groups (broad SMARTS) is 1. The Hall–Kier alpha value is -1.62. The van der Waals surface area contributed by atoms with Gasteiger partial charge in [-0.25, -0.2) is 0 Å². The van der Waals surface area contributed by atoms with Gasteiger partial charge in [-0.2, -0.15) is 0 Å². The van der Waals surface area contributed by atoms with E-state index in [4.69, 9.17) is 4.74 Å². The van der Waals surface area contributed by atoms with Crippen LogP contribution in [0.1, 0.15) is 19.3 Å². The normalized spacial score (nSPS) is 34.0. The molecule has 4 aliphatic heterocycles. The maximum atomic E-state index is 13.9. The van der Waals surface area contributed by atoms with Crippen molar-refractivity contribution in [3.05, 3.63) is 12.7 Å². The zero-order valence-corrected chi connectivity index (χ0v) is 19.2. The molecule has 2 bridgehead atoms. The molecule has 10 heteroatoms. The predicted octanol–water partition coefficient (Wildman–Crippen LogP) is -0.109. The fourth-order valence-corrected chi connectivity index (χ4v) is 8.11. The highest BCUT2D eigenvalue weighted by Crippen LogP contribution is 2.66. The molecule has 4 fully saturated rings. The van der Waals surface area contributed by atoms with Gasteiger partial charge in [-0.05, 0) is 19.3 Å². The standard InChI is InChI=1S/C22H33N3O6S/c1-2-6-24(9-8-23-10-13-31-14-11-23)20(28)18-22-5-4-15(32-22)16(21(29)30)17(22)19(27)25(18)7-3-12-26/h2,15-18,26H,1,3-14H2,(H,29,30)/t15-,16+,17-,18?,22?/m0/s1. The van der Waals surface area contributed by atoms with E-state index < -0.39 is 28.6 Å². The first-order valence-corrected chi connectivity index (χ1v) is 12.3. The molecule has 0 aromatic heterocycles. The first-order chi connectivity index (χ1) is 15.4. The number of morpholine rings is 1. The first-order valence-electron chi connectivity index (χ1n) is 11.5. The van der Waals surface area contributed by atoms with Gasteiger partial charge in [0.25, 0.3) is 0 Å². The van der Waals surface area contributed by atoms with Crippen molar-refractivity contribution < 1.29 is 29.3 Å². The highest BCUT2D eigenvalue weighted by Gasteiger charge is 2.73. The summed E-state index contributed by atoms with van der Waals surface area (Å²) in [6.45, 7) is 8.59. The van der Waals surface area contributed by atoms with Gasteiger partial charge in [0.1, 0.15) is 6.04 Å². The lowest BCUT2D eigenvalue weighted by atomic mass is 9.71. The third-order valence-corrected chi connectivity index (χ3v) is 9.28. The number of amides is 2. The predicted molar refractivity (Wildman–Crippen MR) is 119 cm³/mol. The molecule has 0 aromatic rings. The number of aliphatic hydroxyl groups excluding tert-OH is 1. The van der Waals surface area contributed by atoms with Crippen LogP contribution in [0.5, 0.6) is 0 Å². The Labute approximate surface area is 192 Å². The zero-order valence-electron chi connectivity index (χ0n) is 18.4. The second-order valence-corrected chi connectivity index (χ2v) is 10.6. The van der Waals surface area contributed by atoms with Crippen LogP contribution in [-0.4, -0.2) is 118 Å². The minimum Gasteiger partial charge on any atom is -0.481 e. The number of carbonyl (C=O) groups is 3. The molecule has 4 heterocycles. The molecule has 4 rings (SSSR count). The van der Waals surface area contributed by atoms with Crippen molar-refractivity contribution in [2.24, 2.45) is 11.8 Å². The van der Waals surface area contributed by atoms with Gasteiger partial charge in [-0.3, -0.25) is 19.3 Å². The fraction of sp³-hybridized carbons (Fsp3) is 0.773. The van der Waals surface area contributed by atoms with Crippen LogP contribution < -0.4 is 0 Å². The number of likely N-dealkylation sites (tertiary alicyclic amines) is 1. The molecule has 9 nitrogen and oxygen atoms in total. The molecular weight excluding hydrogens is 434 g/mol. The van der Waals surface area contributed by atoms with Crippen molar-refractivity contribution in [3.8, 4) is 0 Å². The smallest absolute Gasteiger partial charge is 0.308 e. The van der Waals surface area contributed by atoms with Gasteiger partial charge in [0.05, 0.1) is 29.8 Å². The van der Waals surface area contributed by atoms with Crippen molar-refractivity contribution in [1.82, 2.24) is 14.7 Å². The molecule has 1 spiro atoms. The summed E-state index contributed by atoms with van der Waals surface area (Å²) in [4.78, 5) is 45.0. The quantitative estimate of drug-likeness (QED) is 0.429. The number of hydrogen-bond acceptors (Lipinski definition) is 7. The minimum absolute atomic E-state index is 0.0894. The Morgan fingerprint density at radius 2 is 2.06 bits per heavy atom. The lowest BCUT2D eigenvalue weighted by molar-refractivity contribution is -0.148. The molecule has 4 saturated heterocycles. The van der Waals surface area contributed by atoms with Crippen LogP contribution in [-0.2, 0) is 19.1 Å². The Morgan fingerprint density at radius 1 is 1.31 bits per heavy atom. The molecule has 2 unspecified atom stereocenters. The van der Waals surface area contributed by atoms with Gasteiger partial charge in [0.15, 0.2) is 0 Å². The van der Waals surface area contributed by atoms with E-state index in [0.29, 0.717) is 52.1 Å². The summed E-state index contributed by atoms with van der Waals surface area (Å²) in [5.74, 6) is -2.76. The molecule has 4 aliphatic rings. The monoisotopic (exact) mass is 467 g/mol. The molecule has 0 radical (unpaired) electrons. The summed E-state index contributed by atoms with van der Waals surface area (Å²) in [6.07, 6.45) is 3.43. The van der Waals surface area contributed by atoms with Crippen LogP contribution in [0, 0.1) is 11.8 Å². The number of thioether (sulfide) groups is 1. The van der Waals surface area contributed by atoms with Crippen LogP contribution in [0.3, 0.4) is 0 Å². The van der Waals surface area contributed by atoms with Crippen LogP contribution in [0.25, 0.3) is 0 Å². The van der Waals surface area contributed by atoms with Gasteiger partial charge in [-0.15, -0.1) is 18.3 Å². The number of carboxylic acids is 1. The molecule has 0 aromatic carbocycles. The Morgan fingerprint density at radius 3 is 2.72 bits per heavy atom. The van der Waals surface area contributed by atoms with Gasteiger partial charge in [-0.1, -0.05) is 6.08 Å². The third-order valence-electron chi connectivity index (χ3n) is 7.33. The molecule has 32 heavy (non-hydrogen) atoms. The molecule has 2 N–H and O–H groups in total. The van der Waals surface area contributed by atoms with E-state index in [2.05, 4.69) is 11.5 Å². The second-order valence-electron chi connectivity index (χ2n) is 9.03. The summed E-state index contributed by atoms with van der Waals surface area (Å²) in [6, 6.07) is -0.699. The second kappa shape index (κ2) is 9.70. The number of rotatable bonds is 10. The Balaban J connectivity index is 1.60. The molecule has 0 aliphatic carbocycles. The third kappa shape index (κ3) is 3.95. The summed E-state index contributed by atoms with van der Waals surface area (Å²) in [5, 5.41) is 19.1. The minimum atomic E-state index is -0.951. The van der Waals surface area contributed by atoms with Crippen LogP contribution in [0.4, 0.5) is 0 Å². The summed E-state index contributed by atoms with van der Waals surface area (Å²) < 4.78 is 4.70. The number of fused-ring (bicyclic) bond motifs is 1. The fourth-order valence-electron chi connectivity index (χ4n) is 5.90. The SMILES string of the molecule is C=CCN(CCN1CCOCC1)C(=O)C1N(CCCO)C(=O)[C@@H]2[C@H](C(=O)O)[C@@H]3CCC12S3. The molecular formula is C22H33N3O6S. The van der Waals surface area contributed by atoms with E-state index >= 15 is 0 Å². The Bertz CT molecular complexity index is 760. The molecule has 2 amide bonds. The van der Waals surface area contributed by atoms with Crippen molar-refractivity contribution in [2.45, 2.75) is 35.3 Å². The maximum absolute atomic E-state index is 13.9. The van der Waals surface area contributed by atoms with E-state index in [9.17, 15) is 24.6 Å². The van der Waals surface area contributed by atoms with Crippen LogP contribution >= 0.6 is 11.8 Å². The van der Waals surface area contributed by atoms with Gasteiger partial charge >= 0.3 is 5.97 Å². The topological polar surface area (TPSA) is 111 Å². The lowest BCUT2D eigenvalue weighted by Crippen LogP contribution is -2.56. The number of aliphatic carboxylic acids is 1. The van der Waals surface area contributed by atoms with Crippen molar-refractivity contribution in [1.29, 1.82) is 0 Å². The largest absolute Gasteiger partial charge is 0.481 e. The summed E-state index contributed by atoms with van der Waals surface area (Å²) >= 11 is 1.54. The zero-order chi connectivity index (χ0) is 22.9. The first kappa shape index (κ1) is 23.5. The van der Waals surface area contributed by atoms with Gasteiger partial charge < -0.3 is 24.7 Å². The maximum Gasteiger partial charge on any atom is 0.308 e. The van der Waals surface area contributed by atoms with Crippen molar-refractivity contribution in [2.75, 3.05) is 59.1 Å². The van der Waals surface area contributed by atoms with E-state index in [1.54, 1.807) is 15.9 Å². The lowest BCUT2D eigenvalue weighted by Gasteiger charge is -2.38. The highest BCUT2D eigenvalue weighted by molar-refractivity contribution is 8.02. The van der Waals surface area contributed by atoms with E-state index in [1.165, 1.54) is 11.8 Å². The van der Waals surface area contributed by atoms with Crippen LogP contribution in [0.15, 0.2) is 12.7 Å². The highest BCUT2D eigenvalue weighted by atomic mass is 32.2. The molecule has 178 valence electrons. The average molecular weight is 468 g/mol. The Kier molecular flexibility index (Phi) is 7.14. The number of hydrogen-bond donors (Lipinski definition) is 2. The van der Waals surface area contributed by atoms with E-state index in [0.717, 1.165) is 13.1 Å². The van der Waals surface area contributed by atoms with Crippen LogP contribution in [0.2, 0.25) is 0 Å². The summed E-state index contributed by atoms with van der Waals surface area (Å²) in [5.41, 5.74) is 0. The number of aliphatic hydroxyl groups is 1. The van der Waals surface area contributed by atoms with Crippen molar-refractivity contribution in [3.63, 3.8) is 0 Å². The van der Waals surface area contributed by atoms with E-state index in [1.807, 2.05) is 0 Å². The number of nitrogens with zero attached hydrogens (tertiary/aromatic N) is 3. The number of ether oxygens (including phenoxy) is 1. The van der Waals surface area contributed by atoms with E-state index in [-0.39, 0.29) is 30.2 Å². The molecule has 5 atom stereocenters. The van der Waals surface area contributed by atoms with Gasteiger partial charge in [0, 0.05) is 51.1 Å². The number of carbonyl (C=O) groups excluding carboxylic acids is 2. The average Bonchev–Trinajstić information content (AvgIpc) is 3.43. The molecule has 0 saturated carbocycles.